The molecule has 5 nitrogen and oxygen atoms in total. The van der Waals surface area contributed by atoms with Gasteiger partial charge in [0.25, 0.3) is 5.69 Å². The molecule has 18 heavy (non-hydrogen) atoms. The number of nitrogens with zero attached hydrogens (tertiary/aromatic N) is 2. The van der Waals surface area contributed by atoms with E-state index in [1.807, 2.05) is 0 Å². The number of aromatic nitrogens is 1. The highest BCUT2D eigenvalue weighted by Crippen LogP contribution is 2.36. The first kappa shape index (κ1) is 12.6. The maximum atomic E-state index is 10.7. The van der Waals surface area contributed by atoms with Crippen LogP contribution in [-0.2, 0) is 0 Å². The largest absolute Gasteiger partial charge is 0.383 e. The molecule has 0 aliphatic carbocycles. The van der Waals surface area contributed by atoms with Crippen molar-refractivity contribution in [3.63, 3.8) is 0 Å². The molecule has 2 rings (SSSR count). The Labute approximate surface area is 112 Å². The molecule has 0 amide bonds. The first-order chi connectivity index (χ1) is 8.50. The molecule has 0 saturated heterocycles. The van der Waals surface area contributed by atoms with Gasteiger partial charge in [0, 0.05) is 17.2 Å². The van der Waals surface area contributed by atoms with E-state index in [1.54, 1.807) is 18.2 Å². The van der Waals surface area contributed by atoms with Crippen LogP contribution in [0.3, 0.4) is 0 Å². The standard InChI is InChI=1S/C11H7Cl2N3O2/c12-9-3-1-2-7(10(9)13)8-4-6(16(17)18)5-15-11(8)14/h1-5H,(H2,14,15). The van der Waals surface area contributed by atoms with Gasteiger partial charge in [0.15, 0.2) is 0 Å². The van der Waals surface area contributed by atoms with Crippen molar-refractivity contribution >= 4 is 34.7 Å². The molecule has 7 heteroatoms. The summed E-state index contributed by atoms with van der Waals surface area (Å²) < 4.78 is 0. The van der Waals surface area contributed by atoms with Crippen molar-refractivity contribution in [3.05, 3.63) is 50.6 Å². The van der Waals surface area contributed by atoms with Crippen molar-refractivity contribution in [1.82, 2.24) is 4.98 Å². The molecule has 0 fully saturated rings. The smallest absolute Gasteiger partial charge is 0.288 e. The summed E-state index contributed by atoms with van der Waals surface area (Å²) in [4.78, 5) is 13.9. The number of nitrogens with two attached hydrogens (primary N) is 1. The summed E-state index contributed by atoms with van der Waals surface area (Å²) in [7, 11) is 0. The van der Waals surface area contributed by atoms with Gasteiger partial charge in [-0.1, -0.05) is 35.3 Å². The quantitative estimate of drug-likeness (QED) is 0.675. The molecule has 0 saturated carbocycles. The molecule has 1 heterocycles. The number of benzene rings is 1. The summed E-state index contributed by atoms with van der Waals surface area (Å²) >= 11 is 11.9. The average molecular weight is 284 g/mol. The van der Waals surface area contributed by atoms with Crippen LogP contribution < -0.4 is 5.73 Å². The fourth-order valence-electron chi connectivity index (χ4n) is 1.49. The zero-order valence-electron chi connectivity index (χ0n) is 8.93. The van der Waals surface area contributed by atoms with Crippen LogP contribution in [0.15, 0.2) is 30.5 Å². The summed E-state index contributed by atoms with van der Waals surface area (Å²) in [5.41, 5.74) is 6.45. The minimum absolute atomic E-state index is 0.157. The second-order valence-electron chi connectivity index (χ2n) is 3.48. The number of nitro groups is 1. The predicted molar refractivity (Wildman–Crippen MR) is 70.8 cm³/mol. The molecular formula is C11H7Cl2N3O2. The first-order valence-corrected chi connectivity index (χ1v) is 5.60. The summed E-state index contributed by atoms with van der Waals surface area (Å²) in [5, 5.41) is 11.3. The third kappa shape index (κ3) is 2.23. The van der Waals surface area contributed by atoms with Gasteiger partial charge in [0.2, 0.25) is 0 Å². The van der Waals surface area contributed by atoms with Gasteiger partial charge in [-0.05, 0) is 6.07 Å². The van der Waals surface area contributed by atoms with Gasteiger partial charge in [-0.15, -0.1) is 0 Å². The summed E-state index contributed by atoms with van der Waals surface area (Å²) in [6.07, 6.45) is 1.09. The Morgan fingerprint density at radius 1 is 1.28 bits per heavy atom. The van der Waals surface area contributed by atoms with E-state index >= 15 is 0 Å². The normalized spacial score (nSPS) is 10.3. The molecule has 0 radical (unpaired) electrons. The number of hydrogen-bond donors (Lipinski definition) is 1. The lowest BCUT2D eigenvalue weighted by Crippen LogP contribution is -1.97. The second kappa shape index (κ2) is 4.80. The molecule has 0 aliphatic heterocycles. The molecule has 2 N–H and O–H groups in total. The molecule has 0 atom stereocenters. The van der Waals surface area contributed by atoms with E-state index in [1.165, 1.54) is 6.07 Å². The third-order valence-corrected chi connectivity index (χ3v) is 3.18. The molecule has 0 unspecified atom stereocenters. The molecule has 0 aliphatic rings. The summed E-state index contributed by atoms with van der Waals surface area (Å²) in [5.74, 6) is 0.157. The molecule has 92 valence electrons. The number of pyridine rings is 1. The van der Waals surface area contributed by atoms with Crippen LogP contribution in [0.2, 0.25) is 10.0 Å². The van der Waals surface area contributed by atoms with E-state index in [0.29, 0.717) is 16.1 Å². The summed E-state index contributed by atoms with van der Waals surface area (Å²) in [6, 6.07) is 6.29. The average Bonchev–Trinajstić information content (AvgIpc) is 2.33. The van der Waals surface area contributed by atoms with Crippen LogP contribution in [0.1, 0.15) is 0 Å². The monoisotopic (exact) mass is 283 g/mol. The molecule has 1 aromatic carbocycles. The van der Waals surface area contributed by atoms with Crippen LogP contribution in [0.4, 0.5) is 11.5 Å². The highest BCUT2D eigenvalue weighted by molar-refractivity contribution is 6.43. The van der Waals surface area contributed by atoms with Gasteiger partial charge >= 0.3 is 0 Å². The Balaban J connectivity index is 2.66. The van der Waals surface area contributed by atoms with Crippen LogP contribution in [0.5, 0.6) is 0 Å². The molecule has 0 spiro atoms. The van der Waals surface area contributed by atoms with E-state index in [9.17, 15) is 10.1 Å². The second-order valence-corrected chi connectivity index (χ2v) is 4.27. The fraction of sp³-hybridized carbons (Fsp3) is 0. The van der Waals surface area contributed by atoms with Crippen LogP contribution >= 0.6 is 23.2 Å². The van der Waals surface area contributed by atoms with Crippen LogP contribution in [0, 0.1) is 10.1 Å². The van der Waals surface area contributed by atoms with Gasteiger partial charge < -0.3 is 5.73 Å². The number of halogens is 2. The number of nitrogen functional groups attached to an aromatic ring is 1. The molecule has 0 bridgehead atoms. The van der Waals surface area contributed by atoms with Gasteiger partial charge in [0.1, 0.15) is 12.0 Å². The van der Waals surface area contributed by atoms with E-state index < -0.39 is 4.92 Å². The Hall–Kier alpha value is -1.85. The van der Waals surface area contributed by atoms with E-state index in [-0.39, 0.29) is 16.5 Å². The SMILES string of the molecule is Nc1ncc([N+](=O)[O-])cc1-c1cccc(Cl)c1Cl. The number of hydrogen-bond acceptors (Lipinski definition) is 4. The third-order valence-electron chi connectivity index (χ3n) is 2.36. The Bertz CT molecular complexity index is 632. The van der Waals surface area contributed by atoms with Gasteiger partial charge in [-0.2, -0.15) is 0 Å². The van der Waals surface area contributed by atoms with Crippen molar-refractivity contribution in [2.45, 2.75) is 0 Å². The van der Waals surface area contributed by atoms with Crippen molar-refractivity contribution in [3.8, 4) is 11.1 Å². The lowest BCUT2D eigenvalue weighted by atomic mass is 10.1. The zero-order valence-corrected chi connectivity index (χ0v) is 10.4. The topological polar surface area (TPSA) is 82.0 Å². The Morgan fingerprint density at radius 2 is 2.00 bits per heavy atom. The molecular weight excluding hydrogens is 277 g/mol. The molecule has 1 aromatic heterocycles. The van der Waals surface area contributed by atoms with E-state index in [4.69, 9.17) is 28.9 Å². The van der Waals surface area contributed by atoms with Crippen molar-refractivity contribution in [2.75, 3.05) is 5.73 Å². The predicted octanol–water partition coefficient (Wildman–Crippen LogP) is 3.55. The fourth-order valence-corrected chi connectivity index (χ4v) is 1.89. The van der Waals surface area contributed by atoms with Crippen LogP contribution in [-0.4, -0.2) is 9.91 Å². The number of rotatable bonds is 2. The zero-order chi connectivity index (χ0) is 13.3. The minimum atomic E-state index is -0.547. The maximum Gasteiger partial charge on any atom is 0.288 e. The number of anilines is 1. The summed E-state index contributed by atoms with van der Waals surface area (Å²) in [6.45, 7) is 0. The Morgan fingerprint density at radius 3 is 2.67 bits per heavy atom. The van der Waals surface area contributed by atoms with E-state index in [2.05, 4.69) is 4.98 Å². The van der Waals surface area contributed by atoms with Gasteiger partial charge in [-0.25, -0.2) is 4.98 Å². The first-order valence-electron chi connectivity index (χ1n) is 4.85. The maximum absolute atomic E-state index is 10.7. The molecule has 2 aromatic rings. The highest BCUT2D eigenvalue weighted by atomic mass is 35.5. The van der Waals surface area contributed by atoms with Gasteiger partial charge in [0.05, 0.1) is 15.0 Å². The minimum Gasteiger partial charge on any atom is -0.383 e. The van der Waals surface area contributed by atoms with Crippen molar-refractivity contribution < 1.29 is 4.92 Å². The van der Waals surface area contributed by atoms with Crippen molar-refractivity contribution in [2.24, 2.45) is 0 Å². The van der Waals surface area contributed by atoms with Crippen LogP contribution in [0.25, 0.3) is 11.1 Å². The highest BCUT2D eigenvalue weighted by Gasteiger charge is 2.15. The van der Waals surface area contributed by atoms with Gasteiger partial charge in [-0.3, -0.25) is 10.1 Å². The lowest BCUT2D eigenvalue weighted by molar-refractivity contribution is -0.385. The van der Waals surface area contributed by atoms with E-state index in [0.717, 1.165) is 6.20 Å². The Kier molecular flexibility index (Phi) is 3.36. The van der Waals surface area contributed by atoms with Crippen molar-refractivity contribution in [1.29, 1.82) is 0 Å². The lowest BCUT2D eigenvalue weighted by Gasteiger charge is -2.07.